The summed E-state index contributed by atoms with van der Waals surface area (Å²) < 4.78 is 10.4. The van der Waals surface area contributed by atoms with Crippen LogP contribution in [-0.2, 0) is 0 Å². The Morgan fingerprint density at radius 1 is 1.20 bits per heavy atom. The summed E-state index contributed by atoms with van der Waals surface area (Å²) >= 11 is 0. The molecule has 0 bridgehead atoms. The van der Waals surface area contributed by atoms with Crippen LogP contribution in [0.15, 0.2) is 18.2 Å². The van der Waals surface area contributed by atoms with Crippen molar-refractivity contribution in [3.63, 3.8) is 0 Å². The molecule has 1 aromatic rings. The van der Waals surface area contributed by atoms with Gasteiger partial charge >= 0.3 is 0 Å². The molecule has 0 N–H and O–H groups in total. The van der Waals surface area contributed by atoms with Crippen LogP contribution in [0.2, 0.25) is 0 Å². The van der Waals surface area contributed by atoms with Crippen LogP contribution in [0.5, 0.6) is 11.5 Å². The van der Waals surface area contributed by atoms with Gasteiger partial charge < -0.3 is 19.3 Å². The average molecular weight is 278 g/mol. The van der Waals surface area contributed by atoms with E-state index in [0.717, 1.165) is 19.6 Å². The van der Waals surface area contributed by atoms with Gasteiger partial charge in [0, 0.05) is 31.2 Å². The Kier molecular flexibility index (Phi) is 4.49. The molecule has 1 aliphatic rings. The van der Waals surface area contributed by atoms with Crippen LogP contribution >= 0.6 is 0 Å². The number of rotatable bonds is 3. The van der Waals surface area contributed by atoms with Gasteiger partial charge in [-0.05, 0) is 32.2 Å². The molecule has 1 aliphatic heterocycles. The molecule has 0 aliphatic carbocycles. The predicted molar refractivity (Wildman–Crippen MR) is 77.5 cm³/mol. The smallest absolute Gasteiger partial charge is 0.254 e. The summed E-state index contributed by atoms with van der Waals surface area (Å²) in [6.07, 6.45) is 0. The van der Waals surface area contributed by atoms with Gasteiger partial charge in [0.2, 0.25) is 0 Å². The van der Waals surface area contributed by atoms with Crippen LogP contribution < -0.4 is 9.47 Å². The molecular weight excluding hydrogens is 256 g/mol. The molecule has 110 valence electrons. The first-order valence-corrected chi connectivity index (χ1v) is 6.78. The van der Waals surface area contributed by atoms with E-state index in [2.05, 4.69) is 18.9 Å². The first-order valence-electron chi connectivity index (χ1n) is 6.78. The van der Waals surface area contributed by atoms with Gasteiger partial charge in [-0.25, -0.2) is 0 Å². The highest BCUT2D eigenvalue weighted by Gasteiger charge is 2.27. The van der Waals surface area contributed by atoms with Gasteiger partial charge in [-0.3, -0.25) is 4.79 Å². The minimum atomic E-state index is 0.0477. The van der Waals surface area contributed by atoms with Crippen molar-refractivity contribution in [3.05, 3.63) is 23.8 Å². The lowest BCUT2D eigenvalue weighted by molar-refractivity contribution is 0.0533. The Hall–Kier alpha value is -1.75. The van der Waals surface area contributed by atoms with E-state index in [0.29, 0.717) is 17.1 Å². The molecule has 0 aromatic heterocycles. The molecule has 5 heteroatoms. The van der Waals surface area contributed by atoms with Gasteiger partial charge in [0.1, 0.15) is 0 Å². The fraction of sp³-hybridized carbons (Fsp3) is 0.533. The van der Waals surface area contributed by atoms with E-state index in [1.54, 1.807) is 32.4 Å². The summed E-state index contributed by atoms with van der Waals surface area (Å²) in [5.41, 5.74) is 0.638. The molecular formula is C15H22N2O3. The lowest BCUT2D eigenvalue weighted by Crippen LogP contribution is -2.52. The maximum Gasteiger partial charge on any atom is 0.254 e. The number of nitrogens with zero attached hydrogens (tertiary/aromatic N) is 2. The monoisotopic (exact) mass is 278 g/mol. The lowest BCUT2D eigenvalue weighted by atomic mass is 10.1. The molecule has 1 aromatic carbocycles. The number of benzene rings is 1. The standard InChI is InChI=1S/C15H22N2O3/c1-11-10-16(2)7-8-17(11)15(18)12-5-6-13(19-3)14(9-12)20-4/h5-6,9,11H,7-8,10H2,1-4H3. The average Bonchev–Trinajstić information content (AvgIpc) is 2.45. The fourth-order valence-electron chi connectivity index (χ4n) is 2.58. The SMILES string of the molecule is COc1ccc(C(=O)N2CCN(C)CC2C)cc1OC. The third-order valence-electron chi connectivity index (χ3n) is 3.72. The highest BCUT2D eigenvalue weighted by atomic mass is 16.5. The van der Waals surface area contributed by atoms with Crippen molar-refractivity contribution in [1.82, 2.24) is 9.80 Å². The summed E-state index contributed by atoms with van der Waals surface area (Å²) in [4.78, 5) is 16.8. The van der Waals surface area contributed by atoms with Gasteiger partial charge in [-0.2, -0.15) is 0 Å². The number of methoxy groups -OCH3 is 2. The second kappa shape index (κ2) is 6.13. The largest absolute Gasteiger partial charge is 0.493 e. The van der Waals surface area contributed by atoms with Crippen LogP contribution in [0.25, 0.3) is 0 Å². The Bertz CT molecular complexity index is 490. The second-order valence-corrected chi connectivity index (χ2v) is 5.18. The third-order valence-corrected chi connectivity index (χ3v) is 3.72. The third kappa shape index (κ3) is 2.88. The highest BCUT2D eigenvalue weighted by molar-refractivity contribution is 5.95. The van der Waals surface area contributed by atoms with Crippen molar-refractivity contribution in [2.45, 2.75) is 13.0 Å². The van der Waals surface area contributed by atoms with Crippen molar-refractivity contribution in [2.75, 3.05) is 40.9 Å². The zero-order valence-corrected chi connectivity index (χ0v) is 12.5. The fourth-order valence-corrected chi connectivity index (χ4v) is 2.58. The maximum absolute atomic E-state index is 12.6. The molecule has 20 heavy (non-hydrogen) atoms. The van der Waals surface area contributed by atoms with Crippen LogP contribution in [0.3, 0.4) is 0 Å². The summed E-state index contributed by atoms with van der Waals surface area (Å²) in [5.74, 6) is 1.27. The van der Waals surface area contributed by atoms with Crippen LogP contribution in [-0.4, -0.2) is 62.7 Å². The molecule has 0 radical (unpaired) electrons. The Morgan fingerprint density at radius 2 is 1.90 bits per heavy atom. The van der Waals surface area contributed by atoms with E-state index in [4.69, 9.17) is 9.47 Å². The van der Waals surface area contributed by atoms with Gasteiger partial charge in [0.15, 0.2) is 11.5 Å². The van der Waals surface area contributed by atoms with Crippen molar-refractivity contribution in [3.8, 4) is 11.5 Å². The van der Waals surface area contributed by atoms with E-state index in [-0.39, 0.29) is 11.9 Å². The van der Waals surface area contributed by atoms with Crippen LogP contribution in [0.1, 0.15) is 17.3 Å². The Labute approximate surface area is 120 Å². The quantitative estimate of drug-likeness (QED) is 0.840. The zero-order valence-electron chi connectivity index (χ0n) is 12.5. The van der Waals surface area contributed by atoms with Gasteiger partial charge in [0.25, 0.3) is 5.91 Å². The zero-order chi connectivity index (χ0) is 14.7. The molecule has 1 saturated heterocycles. The number of likely N-dealkylation sites (N-methyl/N-ethyl adjacent to an activating group) is 1. The Morgan fingerprint density at radius 3 is 2.50 bits per heavy atom. The first-order chi connectivity index (χ1) is 9.56. The minimum Gasteiger partial charge on any atom is -0.493 e. The molecule has 0 saturated carbocycles. The number of ether oxygens (including phenoxy) is 2. The van der Waals surface area contributed by atoms with Crippen molar-refractivity contribution < 1.29 is 14.3 Å². The van der Waals surface area contributed by atoms with Crippen molar-refractivity contribution in [1.29, 1.82) is 0 Å². The number of hydrogen-bond acceptors (Lipinski definition) is 4. The number of carbonyl (C=O) groups excluding carboxylic acids is 1. The van der Waals surface area contributed by atoms with Crippen molar-refractivity contribution in [2.24, 2.45) is 0 Å². The van der Waals surface area contributed by atoms with Crippen LogP contribution in [0, 0.1) is 0 Å². The molecule has 1 atom stereocenters. The van der Waals surface area contributed by atoms with E-state index < -0.39 is 0 Å². The van der Waals surface area contributed by atoms with Gasteiger partial charge in [-0.15, -0.1) is 0 Å². The van der Waals surface area contributed by atoms with Crippen LogP contribution in [0.4, 0.5) is 0 Å². The minimum absolute atomic E-state index is 0.0477. The normalized spacial score (nSPS) is 19.8. The topological polar surface area (TPSA) is 42.0 Å². The molecule has 1 amide bonds. The van der Waals surface area contributed by atoms with Gasteiger partial charge in [0.05, 0.1) is 14.2 Å². The van der Waals surface area contributed by atoms with Gasteiger partial charge in [-0.1, -0.05) is 0 Å². The number of piperazine rings is 1. The maximum atomic E-state index is 12.6. The highest BCUT2D eigenvalue weighted by Crippen LogP contribution is 2.28. The van der Waals surface area contributed by atoms with E-state index >= 15 is 0 Å². The molecule has 2 rings (SSSR count). The summed E-state index contributed by atoms with van der Waals surface area (Å²) in [7, 11) is 5.24. The predicted octanol–water partition coefficient (Wildman–Crippen LogP) is 1.48. The molecule has 0 spiro atoms. The number of hydrogen-bond donors (Lipinski definition) is 0. The van der Waals surface area contributed by atoms with E-state index in [1.807, 2.05) is 4.90 Å². The molecule has 1 fully saturated rings. The summed E-state index contributed by atoms with van der Waals surface area (Å²) in [6, 6.07) is 5.52. The molecule has 1 unspecified atom stereocenters. The second-order valence-electron chi connectivity index (χ2n) is 5.18. The first kappa shape index (κ1) is 14.7. The number of amides is 1. The van der Waals surface area contributed by atoms with E-state index in [9.17, 15) is 4.79 Å². The number of carbonyl (C=O) groups is 1. The Balaban J connectivity index is 2.20. The lowest BCUT2D eigenvalue weighted by Gasteiger charge is -2.38. The summed E-state index contributed by atoms with van der Waals surface area (Å²) in [5, 5.41) is 0. The molecule has 1 heterocycles. The van der Waals surface area contributed by atoms with Crippen molar-refractivity contribution >= 4 is 5.91 Å². The molecule has 5 nitrogen and oxygen atoms in total. The van der Waals surface area contributed by atoms with E-state index in [1.165, 1.54) is 0 Å². The summed E-state index contributed by atoms with van der Waals surface area (Å²) in [6.45, 7) is 4.64.